The van der Waals surface area contributed by atoms with E-state index in [1.807, 2.05) is 24.8 Å². The molecule has 1 heterocycles. The molecule has 0 unspecified atom stereocenters. The highest BCUT2D eigenvalue weighted by Gasteiger charge is 2.50. The van der Waals surface area contributed by atoms with Crippen LogP contribution in [0.2, 0.25) is 0 Å². The number of rotatable bonds is 2. The smallest absolute Gasteiger partial charge is 0.274 e. The number of amides is 2. The number of hydroxylamine groups is 1. The summed E-state index contributed by atoms with van der Waals surface area (Å²) in [5, 5.41) is 8.72. The van der Waals surface area contributed by atoms with E-state index >= 15 is 0 Å². The fourth-order valence-electron chi connectivity index (χ4n) is 3.63. The fraction of sp³-hybridized carbons (Fsp3) is 0.500. The van der Waals surface area contributed by atoms with Gasteiger partial charge in [0.2, 0.25) is 5.91 Å². The molecule has 3 rings (SSSR count). The van der Waals surface area contributed by atoms with Gasteiger partial charge in [-0.25, -0.2) is 5.48 Å². The Kier molecular flexibility index (Phi) is 3.24. The van der Waals surface area contributed by atoms with Gasteiger partial charge >= 0.3 is 0 Å². The average Bonchev–Trinajstić information content (AvgIpc) is 2.98. The van der Waals surface area contributed by atoms with Crippen molar-refractivity contribution in [3.8, 4) is 0 Å². The van der Waals surface area contributed by atoms with Crippen LogP contribution in [0.3, 0.4) is 0 Å². The lowest BCUT2D eigenvalue weighted by Gasteiger charge is -2.25. The van der Waals surface area contributed by atoms with Crippen LogP contribution in [0.15, 0.2) is 18.2 Å². The molecule has 1 aromatic carbocycles. The molecule has 1 atom stereocenters. The minimum absolute atomic E-state index is 0.233. The van der Waals surface area contributed by atoms with Crippen molar-refractivity contribution in [2.45, 2.75) is 39.2 Å². The second kappa shape index (κ2) is 4.84. The molecule has 2 N–H and O–H groups in total. The lowest BCUT2D eigenvalue weighted by Crippen LogP contribution is -2.38. The molecule has 1 aromatic rings. The molecule has 2 amide bonds. The fourth-order valence-corrected chi connectivity index (χ4v) is 3.63. The molecule has 1 aliphatic carbocycles. The Balaban J connectivity index is 1.88. The van der Waals surface area contributed by atoms with Crippen molar-refractivity contribution in [2.24, 2.45) is 5.41 Å². The van der Waals surface area contributed by atoms with Crippen LogP contribution in [0.1, 0.15) is 41.8 Å². The molecule has 0 radical (unpaired) electrons. The Labute approximate surface area is 123 Å². The molecule has 5 heteroatoms. The summed E-state index contributed by atoms with van der Waals surface area (Å²) in [5.74, 6) is -0.276. The van der Waals surface area contributed by atoms with Gasteiger partial charge in [0.1, 0.15) is 0 Å². The summed E-state index contributed by atoms with van der Waals surface area (Å²) in [7, 11) is 0. The van der Waals surface area contributed by atoms with Crippen molar-refractivity contribution in [3.05, 3.63) is 34.9 Å². The van der Waals surface area contributed by atoms with Gasteiger partial charge < -0.3 is 4.90 Å². The minimum Gasteiger partial charge on any atom is -0.340 e. The SMILES string of the molecule is CC(C)N1CC[C@@]2(Cc3ccc(C(=O)NO)cc3C2)C1=O. The summed E-state index contributed by atoms with van der Waals surface area (Å²) in [5.41, 5.74) is 3.95. The first-order chi connectivity index (χ1) is 9.97. The molecular weight excluding hydrogens is 268 g/mol. The second-order valence-electron chi connectivity index (χ2n) is 6.40. The highest BCUT2D eigenvalue weighted by Crippen LogP contribution is 2.45. The first-order valence-electron chi connectivity index (χ1n) is 7.34. The maximum Gasteiger partial charge on any atom is 0.274 e. The number of benzene rings is 1. The van der Waals surface area contributed by atoms with Gasteiger partial charge in [-0.2, -0.15) is 0 Å². The van der Waals surface area contributed by atoms with Crippen molar-refractivity contribution in [2.75, 3.05) is 6.54 Å². The predicted octanol–water partition coefficient (Wildman–Crippen LogP) is 1.53. The topological polar surface area (TPSA) is 69.6 Å². The molecule has 21 heavy (non-hydrogen) atoms. The molecule has 1 aliphatic heterocycles. The van der Waals surface area contributed by atoms with Crippen LogP contribution in [-0.2, 0) is 17.6 Å². The monoisotopic (exact) mass is 288 g/mol. The number of nitrogens with zero attached hydrogens (tertiary/aromatic N) is 1. The van der Waals surface area contributed by atoms with Crippen LogP contribution >= 0.6 is 0 Å². The normalized spacial score (nSPS) is 24.0. The molecule has 1 spiro atoms. The number of hydrogen-bond acceptors (Lipinski definition) is 3. The van der Waals surface area contributed by atoms with Crippen molar-refractivity contribution in [1.82, 2.24) is 10.4 Å². The van der Waals surface area contributed by atoms with E-state index in [9.17, 15) is 9.59 Å². The third kappa shape index (κ3) is 2.12. The van der Waals surface area contributed by atoms with Gasteiger partial charge in [-0.15, -0.1) is 0 Å². The van der Waals surface area contributed by atoms with Gasteiger partial charge in [0.25, 0.3) is 5.91 Å². The van der Waals surface area contributed by atoms with Crippen LogP contribution < -0.4 is 5.48 Å². The lowest BCUT2D eigenvalue weighted by molar-refractivity contribution is -0.137. The Morgan fingerprint density at radius 1 is 1.33 bits per heavy atom. The molecule has 0 saturated carbocycles. The first kappa shape index (κ1) is 14.1. The minimum atomic E-state index is -0.514. The summed E-state index contributed by atoms with van der Waals surface area (Å²) >= 11 is 0. The van der Waals surface area contributed by atoms with Gasteiger partial charge in [0.15, 0.2) is 0 Å². The summed E-state index contributed by atoms with van der Waals surface area (Å²) in [6, 6.07) is 5.63. The summed E-state index contributed by atoms with van der Waals surface area (Å²) in [4.78, 5) is 26.2. The molecule has 112 valence electrons. The third-order valence-corrected chi connectivity index (χ3v) is 4.80. The molecule has 1 saturated heterocycles. The summed E-state index contributed by atoms with van der Waals surface area (Å²) in [6.07, 6.45) is 2.32. The lowest BCUT2D eigenvalue weighted by atomic mass is 9.83. The van der Waals surface area contributed by atoms with Crippen LogP contribution in [0, 0.1) is 5.41 Å². The summed E-state index contributed by atoms with van der Waals surface area (Å²) < 4.78 is 0. The van der Waals surface area contributed by atoms with E-state index in [-0.39, 0.29) is 17.4 Å². The maximum absolute atomic E-state index is 12.7. The van der Waals surface area contributed by atoms with E-state index in [1.54, 1.807) is 17.6 Å². The zero-order chi connectivity index (χ0) is 15.2. The molecular formula is C16H20N2O3. The zero-order valence-corrected chi connectivity index (χ0v) is 12.3. The van der Waals surface area contributed by atoms with Crippen molar-refractivity contribution >= 4 is 11.8 Å². The van der Waals surface area contributed by atoms with Gasteiger partial charge in [0.05, 0.1) is 5.41 Å². The zero-order valence-electron chi connectivity index (χ0n) is 12.3. The molecule has 2 aliphatic rings. The van der Waals surface area contributed by atoms with Crippen LogP contribution in [0.5, 0.6) is 0 Å². The Morgan fingerprint density at radius 2 is 2.05 bits per heavy atom. The molecule has 0 aromatic heterocycles. The number of fused-ring (bicyclic) bond motifs is 1. The number of carbonyl (C=O) groups excluding carboxylic acids is 2. The molecule has 5 nitrogen and oxygen atoms in total. The maximum atomic E-state index is 12.7. The Hall–Kier alpha value is -1.88. The van der Waals surface area contributed by atoms with Crippen LogP contribution in [0.4, 0.5) is 0 Å². The van der Waals surface area contributed by atoms with Crippen LogP contribution in [0.25, 0.3) is 0 Å². The van der Waals surface area contributed by atoms with E-state index < -0.39 is 5.91 Å². The largest absolute Gasteiger partial charge is 0.340 e. The van der Waals surface area contributed by atoms with Crippen molar-refractivity contribution in [1.29, 1.82) is 0 Å². The Bertz CT molecular complexity index is 612. The number of carbonyl (C=O) groups is 2. The average molecular weight is 288 g/mol. The predicted molar refractivity (Wildman–Crippen MR) is 77.0 cm³/mol. The van der Waals surface area contributed by atoms with Crippen LogP contribution in [-0.4, -0.2) is 34.5 Å². The van der Waals surface area contributed by atoms with E-state index in [4.69, 9.17) is 5.21 Å². The number of likely N-dealkylation sites (tertiary alicyclic amines) is 1. The number of nitrogens with one attached hydrogen (secondary N) is 1. The van der Waals surface area contributed by atoms with Gasteiger partial charge in [0, 0.05) is 18.2 Å². The molecule has 1 fully saturated rings. The third-order valence-electron chi connectivity index (χ3n) is 4.80. The standard InChI is InChI=1S/C16H20N2O3/c1-10(2)18-6-5-16(15(18)20)8-12-4-3-11(14(19)17-21)7-13(12)9-16/h3-4,7,10,21H,5-6,8-9H2,1-2H3,(H,17,19)/t16-/m0/s1. The highest BCUT2D eigenvalue weighted by atomic mass is 16.5. The van der Waals surface area contributed by atoms with Gasteiger partial charge in [-0.1, -0.05) is 6.07 Å². The van der Waals surface area contributed by atoms with E-state index in [0.29, 0.717) is 12.0 Å². The first-order valence-corrected chi connectivity index (χ1v) is 7.34. The van der Waals surface area contributed by atoms with E-state index in [2.05, 4.69) is 0 Å². The van der Waals surface area contributed by atoms with Crippen molar-refractivity contribution in [3.63, 3.8) is 0 Å². The second-order valence-corrected chi connectivity index (χ2v) is 6.40. The van der Waals surface area contributed by atoms with Gasteiger partial charge in [-0.3, -0.25) is 14.8 Å². The Morgan fingerprint density at radius 3 is 2.67 bits per heavy atom. The number of hydrogen-bond donors (Lipinski definition) is 2. The van der Waals surface area contributed by atoms with E-state index in [0.717, 1.165) is 30.5 Å². The molecule has 0 bridgehead atoms. The summed E-state index contributed by atoms with van der Waals surface area (Å²) in [6.45, 7) is 4.90. The quantitative estimate of drug-likeness (QED) is 0.640. The van der Waals surface area contributed by atoms with E-state index in [1.165, 1.54) is 0 Å². The van der Waals surface area contributed by atoms with Crippen molar-refractivity contribution < 1.29 is 14.8 Å². The van der Waals surface area contributed by atoms with Gasteiger partial charge in [-0.05, 0) is 56.4 Å². The highest BCUT2D eigenvalue weighted by molar-refractivity contribution is 5.94.